The molecule has 2 aromatic heterocycles. The smallest absolute Gasteiger partial charge is 0.254 e. The van der Waals surface area contributed by atoms with Gasteiger partial charge in [0.1, 0.15) is 5.82 Å². The van der Waals surface area contributed by atoms with Crippen LogP contribution in [-0.2, 0) is 14.8 Å². The number of fused-ring (bicyclic) bond motifs is 1. The number of aliphatic imine (C=N–C) groups is 1. The third kappa shape index (κ3) is 6.18. The minimum absolute atomic E-state index is 0.105. The van der Waals surface area contributed by atoms with Crippen molar-refractivity contribution in [2.45, 2.75) is 57.6 Å². The van der Waals surface area contributed by atoms with Crippen LogP contribution in [0.3, 0.4) is 0 Å². The average molecular weight is 657 g/mol. The van der Waals surface area contributed by atoms with Crippen LogP contribution in [0.4, 0.5) is 5.82 Å². The van der Waals surface area contributed by atoms with Crippen molar-refractivity contribution in [2.75, 3.05) is 44.7 Å². The minimum Gasteiger partial charge on any atom is -0.354 e. The highest BCUT2D eigenvalue weighted by atomic mass is 32.2. The van der Waals surface area contributed by atoms with Crippen LogP contribution in [0.15, 0.2) is 66.0 Å². The van der Waals surface area contributed by atoms with Crippen LogP contribution in [-0.4, -0.2) is 84.3 Å². The Bertz CT molecular complexity index is 1890. The SMILES string of the molecule is C=CCC1(S(=O)(=O)n2cc(C)c3c(C(=O)NCC4C(=O)N=C(C)C=C4CCC)cc(-c4ccc(N5CCN(C)CC5)nc4)cc32)CC1. The summed E-state index contributed by atoms with van der Waals surface area (Å²) in [6, 6.07) is 7.60. The zero-order valence-electron chi connectivity index (χ0n) is 27.8. The number of nitrogens with one attached hydrogen (secondary N) is 1. The van der Waals surface area contributed by atoms with E-state index in [4.69, 9.17) is 4.98 Å². The Morgan fingerprint density at radius 1 is 1.13 bits per heavy atom. The zero-order chi connectivity index (χ0) is 33.5. The minimum atomic E-state index is -3.80. The molecule has 2 fully saturated rings. The topological polar surface area (TPSA) is 117 Å². The van der Waals surface area contributed by atoms with E-state index in [0.29, 0.717) is 52.6 Å². The molecule has 1 saturated heterocycles. The number of amides is 2. The molecule has 6 rings (SSSR count). The third-order valence-corrected chi connectivity index (χ3v) is 12.3. The van der Waals surface area contributed by atoms with E-state index in [1.165, 1.54) is 3.97 Å². The number of allylic oxidation sites excluding steroid dienone is 2. The molecule has 2 amide bonds. The lowest BCUT2D eigenvalue weighted by atomic mass is 9.91. The van der Waals surface area contributed by atoms with E-state index in [1.54, 1.807) is 31.5 Å². The molecule has 1 saturated carbocycles. The molecule has 2 aliphatic heterocycles. The van der Waals surface area contributed by atoms with Crippen LogP contribution in [0.5, 0.6) is 0 Å². The van der Waals surface area contributed by atoms with Gasteiger partial charge in [0.05, 0.1) is 16.2 Å². The zero-order valence-corrected chi connectivity index (χ0v) is 28.6. The lowest BCUT2D eigenvalue weighted by molar-refractivity contribution is -0.120. The number of nitrogens with zero attached hydrogens (tertiary/aromatic N) is 5. The summed E-state index contributed by atoms with van der Waals surface area (Å²) >= 11 is 0. The number of carbonyl (C=O) groups is 2. The Morgan fingerprint density at radius 2 is 1.87 bits per heavy atom. The van der Waals surface area contributed by atoms with E-state index >= 15 is 0 Å². The fourth-order valence-corrected chi connectivity index (χ4v) is 8.95. The molecule has 3 aromatic rings. The van der Waals surface area contributed by atoms with E-state index in [-0.39, 0.29) is 18.4 Å². The number of likely N-dealkylation sites (N-methyl/N-ethyl adjacent to an activating group) is 1. The number of anilines is 1. The molecule has 1 N–H and O–H groups in total. The lowest BCUT2D eigenvalue weighted by Gasteiger charge is -2.33. The van der Waals surface area contributed by atoms with Crippen LogP contribution in [0.2, 0.25) is 0 Å². The first kappa shape index (κ1) is 32.8. The van der Waals surface area contributed by atoms with Gasteiger partial charge in [-0.25, -0.2) is 22.4 Å². The quantitative estimate of drug-likeness (QED) is 0.285. The van der Waals surface area contributed by atoms with Gasteiger partial charge < -0.3 is 15.1 Å². The first-order valence-electron chi connectivity index (χ1n) is 16.5. The molecule has 0 spiro atoms. The van der Waals surface area contributed by atoms with Gasteiger partial charge in [0.2, 0.25) is 10.0 Å². The van der Waals surface area contributed by atoms with Gasteiger partial charge in [-0.1, -0.05) is 25.0 Å². The molecule has 1 aliphatic carbocycles. The molecule has 1 atom stereocenters. The number of carbonyl (C=O) groups excluding carboxylic acids is 2. The highest BCUT2D eigenvalue weighted by molar-refractivity contribution is 7.91. The number of benzene rings is 1. The van der Waals surface area contributed by atoms with E-state index < -0.39 is 20.7 Å². The molecule has 10 nitrogen and oxygen atoms in total. The Balaban J connectivity index is 1.40. The summed E-state index contributed by atoms with van der Waals surface area (Å²) < 4.78 is 28.7. The molecule has 0 bridgehead atoms. The van der Waals surface area contributed by atoms with Crippen molar-refractivity contribution in [3.63, 3.8) is 0 Å². The van der Waals surface area contributed by atoms with Gasteiger partial charge in [0, 0.05) is 67.3 Å². The summed E-state index contributed by atoms with van der Waals surface area (Å²) in [5, 5.41) is 3.57. The average Bonchev–Trinajstić information content (AvgIpc) is 3.77. The fourth-order valence-electron chi connectivity index (χ4n) is 6.88. The van der Waals surface area contributed by atoms with E-state index in [0.717, 1.165) is 56.0 Å². The lowest BCUT2D eigenvalue weighted by Crippen LogP contribution is -2.44. The number of dihydropyridines is 1. The second-order valence-electron chi connectivity index (χ2n) is 13.2. The second kappa shape index (κ2) is 12.8. The van der Waals surface area contributed by atoms with Gasteiger partial charge in [-0.2, -0.15) is 0 Å². The Morgan fingerprint density at radius 3 is 2.51 bits per heavy atom. The standard InChI is InChI=1S/C36H44N6O4S/c1-6-8-26-18-25(4)39-35(44)30(26)22-38-34(43)29-19-28(27-9-10-32(37-21-27)41-16-14-40(5)15-17-41)20-31-33(29)24(3)23-42(31)47(45,46)36(11-7-2)12-13-36/h7,9-10,18-21,23,30H,2,6,8,11-17,22H2,1,3-5H3,(H,38,43). The van der Waals surface area contributed by atoms with Gasteiger partial charge >= 0.3 is 0 Å². The summed E-state index contributed by atoms with van der Waals surface area (Å²) in [6.07, 6.45) is 10.1. The maximum absolute atomic E-state index is 14.1. The van der Waals surface area contributed by atoms with Gasteiger partial charge in [-0.15, -0.1) is 6.58 Å². The maximum Gasteiger partial charge on any atom is 0.254 e. The molecular weight excluding hydrogens is 613 g/mol. The van der Waals surface area contributed by atoms with Crippen LogP contribution in [0.25, 0.3) is 22.0 Å². The van der Waals surface area contributed by atoms with E-state index in [2.05, 4.69) is 40.7 Å². The molecule has 1 unspecified atom stereocenters. The summed E-state index contributed by atoms with van der Waals surface area (Å²) in [4.78, 5) is 40.4. The van der Waals surface area contributed by atoms with Crippen molar-refractivity contribution in [2.24, 2.45) is 10.9 Å². The van der Waals surface area contributed by atoms with Crippen molar-refractivity contribution >= 4 is 44.3 Å². The molecular formula is C36H44N6O4S. The molecule has 11 heteroatoms. The normalized spacial score (nSPS) is 19.8. The highest BCUT2D eigenvalue weighted by Crippen LogP contribution is 2.49. The van der Waals surface area contributed by atoms with Crippen LogP contribution < -0.4 is 10.2 Å². The number of rotatable bonds is 11. The van der Waals surface area contributed by atoms with Crippen molar-refractivity contribution in [1.29, 1.82) is 0 Å². The summed E-state index contributed by atoms with van der Waals surface area (Å²) in [5.74, 6) is -0.287. The van der Waals surface area contributed by atoms with Crippen LogP contribution >= 0.6 is 0 Å². The maximum atomic E-state index is 14.1. The first-order chi connectivity index (χ1) is 22.5. The third-order valence-electron chi connectivity index (χ3n) is 9.78. The second-order valence-corrected chi connectivity index (χ2v) is 15.4. The van der Waals surface area contributed by atoms with E-state index in [9.17, 15) is 18.0 Å². The first-order valence-corrected chi connectivity index (χ1v) is 17.9. The predicted molar refractivity (Wildman–Crippen MR) is 188 cm³/mol. The largest absolute Gasteiger partial charge is 0.354 e. The Hall–Kier alpha value is -4.09. The monoisotopic (exact) mass is 656 g/mol. The number of aromatic nitrogens is 2. The number of aryl methyl sites for hydroxylation is 1. The molecule has 47 heavy (non-hydrogen) atoms. The number of hydrogen-bond acceptors (Lipinski definition) is 7. The summed E-state index contributed by atoms with van der Waals surface area (Å²) in [7, 11) is -1.69. The van der Waals surface area contributed by atoms with Crippen molar-refractivity contribution < 1.29 is 18.0 Å². The number of piperazine rings is 1. The highest BCUT2D eigenvalue weighted by Gasteiger charge is 2.54. The van der Waals surface area contributed by atoms with Gasteiger partial charge in [0.25, 0.3) is 11.8 Å². The Labute approximate surface area is 277 Å². The molecule has 1 aromatic carbocycles. The van der Waals surface area contributed by atoms with Crippen LogP contribution in [0.1, 0.15) is 61.9 Å². The molecule has 4 heterocycles. The van der Waals surface area contributed by atoms with E-state index in [1.807, 2.05) is 31.2 Å². The van der Waals surface area contributed by atoms with Crippen LogP contribution in [0, 0.1) is 12.8 Å². The summed E-state index contributed by atoms with van der Waals surface area (Å²) in [6.45, 7) is 13.3. The van der Waals surface area contributed by atoms with Crippen molar-refractivity contribution in [1.82, 2.24) is 19.2 Å². The number of hydrogen-bond donors (Lipinski definition) is 1. The number of pyridine rings is 1. The van der Waals surface area contributed by atoms with Gasteiger partial charge in [-0.05, 0) is 88.0 Å². The van der Waals surface area contributed by atoms with Gasteiger partial charge in [0.15, 0.2) is 0 Å². The predicted octanol–water partition coefficient (Wildman–Crippen LogP) is 5.12. The van der Waals surface area contributed by atoms with Crippen molar-refractivity contribution in [3.8, 4) is 11.1 Å². The van der Waals surface area contributed by atoms with Crippen molar-refractivity contribution in [3.05, 3.63) is 72.1 Å². The molecule has 248 valence electrons. The summed E-state index contributed by atoms with van der Waals surface area (Å²) in [5.41, 5.74) is 4.57. The molecule has 0 radical (unpaired) electrons. The molecule has 3 aliphatic rings. The Kier molecular flexibility index (Phi) is 8.97. The van der Waals surface area contributed by atoms with Gasteiger partial charge in [-0.3, -0.25) is 9.59 Å². The fraction of sp³-hybridized carbons (Fsp3) is 0.444.